The van der Waals surface area contributed by atoms with E-state index in [1.54, 1.807) is 23.9 Å². The van der Waals surface area contributed by atoms with Crippen molar-refractivity contribution in [1.82, 2.24) is 9.78 Å². The number of aromatic nitrogens is 2. The first-order valence-electron chi connectivity index (χ1n) is 5.56. The second-order valence-corrected chi connectivity index (χ2v) is 4.41. The Bertz CT molecular complexity index is 544. The minimum Gasteiger partial charge on any atom is -0.324 e. The summed E-state index contributed by atoms with van der Waals surface area (Å²) in [6, 6.07) is 3.04. The molecule has 0 fully saturated rings. The molecule has 0 unspecified atom stereocenters. The Hall–Kier alpha value is -1.68. The fourth-order valence-electron chi connectivity index (χ4n) is 1.79. The van der Waals surface area contributed by atoms with Crippen molar-refractivity contribution >= 4 is 0 Å². The van der Waals surface area contributed by atoms with Crippen molar-refractivity contribution in [2.24, 2.45) is 5.73 Å². The zero-order valence-electron chi connectivity index (χ0n) is 10.2. The molecule has 0 aliphatic heterocycles. The lowest BCUT2D eigenvalue weighted by molar-refractivity contribution is 0.611. The molecule has 1 atom stereocenters. The number of halogens is 1. The zero-order valence-corrected chi connectivity index (χ0v) is 10.2. The average Bonchev–Trinajstić information content (AvgIpc) is 2.68. The summed E-state index contributed by atoms with van der Waals surface area (Å²) in [6.45, 7) is 5.54. The van der Waals surface area contributed by atoms with Gasteiger partial charge in [0.1, 0.15) is 5.82 Å². The Morgan fingerprint density at radius 3 is 2.59 bits per heavy atom. The predicted molar refractivity (Wildman–Crippen MR) is 65.6 cm³/mol. The molecule has 4 heteroatoms. The number of hydrogen-bond donors (Lipinski definition) is 1. The maximum Gasteiger partial charge on any atom is 0.126 e. The summed E-state index contributed by atoms with van der Waals surface area (Å²) in [5, 5.41) is 4.24. The lowest BCUT2D eigenvalue weighted by Gasteiger charge is -2.14. The van der Waals surface area contributed by atoms with Crippen LogP contribution in [0.1, 0.15) is 29.7 Å². The van der Waals surface area contributed by atoms with Gasteiger partial charge in [0.05, 0.1) is 11.9 Å². The Labute approximate surface area is 100 Å². The van der Waals surface area contributed by atoms with E-state index in [1.807, 2.05) is 20.0 Å². The maximum atomic E-state index is 13.6. The Balaban J connectivity index is 2.63. The zero-order chi connectivity index (χ0) is 12.6. The van der Waals surface area contributed by atoms with Crippen LogP contribution in [0.5, 0.6) is 0 Å². The second-order valence-electron chi connectivity index (χ2n) is 4.41. The van der Waals surface area contributed by atoms with E-state index in [-0.39, 0.29) is 11.9 Å². The van der Waals surface area contributed by atoms with Crippen LogP contribution in [-0.2, 0) is 0 Å². The highest BCUT2D eigenvalue weighted by Gasteiger charge is 2.12. The molecule has 2 N–H and O–H groups in total. The van der Waals surface area contributed by atoms with Gasteiger partial charge >= 0.3 is 0 Å². The van der Waals surface area contributed by atoms with E-state index in [4.69, 9.17) is 5.73 Å². The minimum absolute atomic E-state index is 0.232. The van der Waals surface area contributed by atoms with Crippen molar-refractivity contribution in [2.45, 2.75) is 26.8 Å². The highest BCUT2D eigenvalue weighted by molar-refractivity contribution is 5.45. The van der Waals surface area contributed by atoms with Crippen LogP contribution < -0.4 is 5.73 Å². The topological polar surface area (TPSA) is 43.8 Å². The van der Waals surface area contributed by atoms with Crippen LogP contribution in [0, 0.1) is 19.7 Å². The molecular formula is C13H16FN3. The van der Waals surface area contributed by atoms with Crippen LogP contribution in [-0.4, -0.2) is 9.78 Å². The molecule has 0 spiro atoms. The van der Waals surface area contributed by atoms with Crippen LogP contribution in [0.25, 0.3) is 5.69 Å². The van der Waals surface area contributed by atoms with Gasteiger partial charge in [-0.25, -0.2) is 9.07 Å². The van der Waals surface area contributed by atoms with Gasteiger partial charge in [-0.05, 0) is 49.6 Å². The van der Waals surface area contributed by atoms with Crippen LogP contribution in [0.2, 0.25) is 0 Å². The van der Waals surface area contributed by atoms with Crippen molar-refractivity contribution in [2.75, 3.05) is 0 Å². The summed E-state index contributed by atoms with van der Waals surface area (Å²) in [6.07, 6.45) is 3.67. The fourth-order valence-corrected chi connectivity index (χ4v) is 1.79. The first-order chi connectivity index (χ1) is 7.99. The van der Waals surface area contributed by atoms with Gasteiger partial charge in [0.15, 0.2) is 0 Å². The molecule has 2 aromatic rings. The highest BCUT2D eigenvalue weighted by atomic mass is 19.1. The summed E-state index contributed by atoms with van der Waals surface area (Å²) >= 11 is 0. The van der Waals surface area contributed by atoms with Crippen molar-refractivity contribution < 1.29 is 4.39 Å². The summed E-state index contributed by atoms with van der Waals surface area (Å²) in [5.74, 6) is -0.232. The normalized spacial score (nSPS) is 12.8. The van der Waals surface area contributed by atoms with Gasteiger partial charge in [0.25, 0.3) is 0 Å². The Morgan fingerprint density at radius 1 is 1.35 bits per heavy atom. The van der Waals surface area contributed by atoms with Crippen LogP contribution in [0.15, 0.2) is 24.5 Å². The van der Waals surface area contributed by atoms with E-state index in [2.05, 4.69) is 5.10 Å². The average molecular weight is 233 g/mol. The molecule has 0 aliphatic carbocycles. The van der Waals surface area contributed by atoms with E-state index >= 15 is 0 Å². The predicted octanol–water partition coefficient (Wildman–Crippen LogP) is 2.65. The van der Waals surface area contributed by atoms with Crippen molar-refractivity contribution in [3.8, 4) is 5.69 Å². The van der Waals surface area contributed by atoms with Crippen LogP contribution in [0.4, 0.5) is 4.39 Å². The third-order valence-electron chi connectivity index (χ3n) is 2.76. The van der Waals surface area contributed by atoms with E-state index in [0.717, 1.165) is 16.8 Å². The maximum absolute atomic E-state index is 13.6. The highest BCUT2D eigenvalue weighted by Crippen LogP contribution is 2.23. The quantitative estimate of drug-likeness (QED) is 0.866. The number of nitrogens with zero attached hydrogens (tertiary/aromatic N) is 2. The number of rotatable bonds is 2. The standard InChI is InChI=1S/C13H16FN3/c1-8-6-16-17(7-8)13-4-9(2)12(14)5-11(13)10(3)15/h4-7,10H,15H2,1-3H3/t10-/m1/s1. The van der Waals surface area contributed by atoms with E-state index in [1.165, 1.54) is 6.07 Å². The van der Waals surface area contributed by atoms with E-state index in [9.17, 15) is 4.39 Å². The number of hydrogen-bond acceptors (Lipinski definition) is 2. The van der Waals surface area contributed by atoms with E-state index in [0.29, 0.717) is 5.56 Å². The third kappa shape index (κ3) is 2.22. The molecule has 1 aromatic heterocycles. The molecule has 90 valence electrons. The molecule has 0 amide bonds. The van der Waals surface area contributed by atoms with Gasteiger partial charge in [0.2, 0.25) is 0 Å². The van der Waals surface area contributed by atoms with Gasteiger partial charge < -0.3 is 5.73 Å². The molecule has 1 aromatic carbocycles. The smallest absolute Gasteiger partial charge is 0.126 e. The first-order valence-corrected chi connectivity index (χ1v) is 5.56. The molecular weight excluding hydrogens is 217 g/mol. The molecule has 1 heterocycles. The molecule has 2 rings (SSSR count). The number of aryl methyl sites for hydroxylation is 2. The monoisotopic (exact) mass is 233 g/mol. The van der Waals surface area contributed by atoms with Crippen molar-refractivity contribution in [1.29, 1.82) is 0 Å². The summed E-state index contributed by atoms with van der Waals surface area (Å²) < 4.78 is 15.3. The lowest BCUT2D eigenvalue weighted by Crippen LogP contribution is -2.11. The molecule has 3 nitrogen and oxygen atoms in total. The summed E-state index contributed by atoms with van der Waals surface area (Å²) in [7, 11) is 0. The minimum atomic E-state index is -0.232. The SMILES string of the molecule is Cc1cnn(-c2cc(C)c(F)cc2[C@@H](C)N)c1. The Kier molecular flexibility index (Phi) is 2.98. The molecule has 0 saturated heterocycles. The van der Waals surface area contributed by atoms with Gasteiger partial charge in [0, 0.05) is 12.2 Å². The molecule has 0 bridgehead atoms. The number of nitrogens with two attached hydrogens (primary N) is 1. The van der Waals surface area contributed by atoms with Crippen molar-refractivity contribution in [3.05, 3.63) is 47.0 Å². The molecule has 0 saturated carbocycles. The van der Waals surface area contributed by atoms with Crippen molar-refractivity contribution in [3.63, 3.8) is 0 Å². The van der Waals surface area contributed by atoms with Gasteiger partial charge in [-0.3, -0.25) is 0 Å². The summed E-state index contributed by atoms with van der Waals surface area (Å²) in [4.78, 5) is 0. The van der Waals surface area contributed by atoms with Crippen LogP contribution >= 0.6 is 0 Å². The summed E-state index contributed by atoms with van der Waals surface area (Å²) in [5.41, 5.74) is 9.12. The third-order valence-corrected chi connectivity index (χ3v) is 2.76. The second kappa shape index (κ2) is 4.30. The van der Waals surface area contributed by atoms with E-state index < -0.39 is 0 Å². The fraction of sp³-hybridized carbons (Fsp3) is 0.308. The van der Waals surface area contributed by atoms with Gasteiger partial charge in [-0.2, -0.15) is 5.10 Å². The van der Waals surface area contributed by atoms with Gasteiger partial charge in [-0.15, -0.1) is 0 Å². The lowest BCUT2D eigenvalue weighted by atomic mass is 10.0. The molecule has 0 radical (unpaired) electrons. The Morgan fingerprint density at radius 2 is 2.06 bits per heavy atom. The molecule has 0 aliphatic rings. The largest absolute Gasteiger partial charge is 0.324 e. The first kappa shape index (κ1) is 11.8. The van der Waals surface area contributed by atoms with Gasteiger partial charge in [-0.1, -0.05) is 0 Å². The van der Waals surface area contributed by atoms with Crippen LogP contribution in [0.3, 0.4) is 0 Å². The molecule has 17 heavy (non-hydrogen) atoms. The number of benzene rings is 1.